The zero-order valence-electron chi connectivity index (χ0n) is 27.1. The van der Waals surface area contributed by atoms with Gasteiger partial charge < -0.3 is 10.6 Å². The molecule has 0 fully saturated rings. The number of hydrogen-bond acceptors (Lipinski definition) is 2. The molecule has 0 radical (unpaired) electrons. The van der Waals surface area contributed by atoms with Crippen LogP contribution in [0.5, 0.6) is 0 Å². The predicted octanol–water partition coefficient (Wildman–Crippen LogP) is 10.9. The Kier molecular flexibility index (Phi) is 16.0. The summed E-state index contributed by atoms with van der Waals surface area (Å²) in [5, 5.41) is 5.09. The molecule has 4 nitrogen and oxygen atoms in total. The van der Waals surface area contributed by atoms with Gasteiger partial charge in [-0.2, -0.15) is 26.3 Å². The van der Waals surface area contributed by atoms with Crippen molar-refractivity contribution in [1.82, 2.24) is 5.32 Å². The SMILES string of the molecule is CC.CC.CCC.Cc1ccc(-c2ccc(NC(=O)c3ccc(C(=O)NC(C)(C)C)cc3)cc2C(F)(F)F)c(C(F)(F)F)c1. The molecule has 2 N–H and O–H groups in total. The lowest BCUT2D eigenvalue weighted by Gasteiger charge is -2.20. The maximum absolute atomic E-state index is 13.9. The number of alkyl halides is 6. The van der Waals surface area contributed by atoms with Gasteiger partial charge in [0.15, 0.2) is 0 Å². The number of carbonyl (C=O) groups is 2. The van der Waals surface area contributed by atoms with Crippen molar-refractivity contribution in [2.45, 2.75) is 93.5 Å². The molecule has 244 valence electrons. The van der Waals surface area contributed by atoms with E-state index in [0.29, 0.717) is 6.07 Å². The fourth-order valence-electron chi connectivity index (χ4n) is 3.61. The molecule has 0 saturated heterocycles. The lowest BCUT2D eigenvalue weighted by atomic mass is 9.93. The van der Waals surface area contributed by atoms with Crippen LogP contribution in [0, 0.1) is 6.92 Å². The lowest BCUT2D eigenvalue weighted by molar-refractivity contribution is -0.139. The fourth-order valence-corrected chi connectivity index (χ4v) is 3.61. The Balaban J connectivity index is 0.00000244. The molecule has 3 aromatic rings. The summed E-state index contributed by atoms with van der Waals surface area (Å²) in [6, 6.07) is 11.2. The third kappa shape index (κ3) is 12.4. The van der Waals surface area contributed by atoms with Gasteiger partial charge in [0.05, 0.1) is 11.1 Å². The van der Waals surface area contributed by atoms with Gasteiger partial charge in [-0.05, 0) is 81.3 Å². The Hall–Kier alpha value is -3.82. The summed E-state index contributed by atoms with van der Waals surface area (Å²) in [7, 11) is 0. The van der Waals surface area contributed by atoms with E-state index in [0.717, 1.165) is 24.3 Å². The number of rotatable bonds is 4. The van der Waals surface area contributed by atoms with Crippen molar-refractivity contribution in [3.63, 3.8) is 0 Å². The van der Waals surface area contributed by atoms with Crippen molar-refractivity contribution >= 4 is 17.5 Å². The number of anilines is 1. The number of nitrogens with one attached hydrogen (secondary N) is 2. The van der Waals surface area contributed by atoms with Gasteiger partial charge >= 0.3 is 12.4 Å². The highest BCUT2D eigenvalue weighted by Gasteiger charge is 2.38. The number of halogens is 6. The van der Waals surface area contributed by atoms with Crippen molar-refractivity contribution in [3.8, 4) is 11.1 Å². The number of benzene rings is 3. The van der Waals surface area contributed by atoms with E-state index in [-0.39, 0.29) is 28.3 Å². The van der Waals surface area contributed by atoms with E-state index in [1.165, 1.54) is 43.7 Å². The molecular weight excluding hydrogens is 582 g/mol. The van der Waals surface area contributed by atoms with Crippen LogP contribution in [0.15, 0.2) is 60.7 Å². The van der Waals surface area contributed by atoms with Crippen LogP contribution in [0.3, 0.4) is 0 Å². The first-order valence-corrected chi connectivity index (χ1v) is 14.5. The van der Waals surface area contributed by atoms with E-state index in [1.807, 2.05) is 27.7 Å². The molecule has 3 rings (SSSR count). The van der Waals surface area contributed by atoms with Gasteiger partial charge in [0.1, 0.15) is 0 Å². The minimum Gasteiger partial charge on any atom is -0.347 e. The quantitative estimate of drug-likeness (QED) is 0.283. The third-order valence-corrected chi connectivity index (χ3v) is 5.25. The van der Waals surface area contributed by atoms with Crippen LogP contribution >= 0.6 is 0 Å². The molecule has 0 aliphatic heterocycles. The average molecular weight is 627 g/mol. The second-order valence-corrected chi connectivity index (χ2v) is 10.2. The summed E-state index contributed by atoms with van der Waals surface area (Å²) in [5.74, 6) is -1.12. The van der Waals surface area contributed by atoms with Crippen molar-refractivity contribution in [2.24, 2.45) is 0 Å². The van der Waals surface area contributed by atoms with Gasteiger partial charge in [0, 0.05) is 22.4 Å². The molecule has 0 saturated carbocycles. The first-order chi connectivity index (χ1) is 20.4. The Bertz CT molecular complexity index is 1340. The van der Waals surface area contributed by atoms with E-state index >= 15 is 0 Å². The van der Waals surface area contributed by atoms with Crippen LogP contribution in [0.2, 0.25) is 0 Å². The van der Waals surface area contributed by atoms with Gasteiger partial charge in [-0.25, -0.2) is 0 Å². The molecule has 0 spiro atoms. The Morgan fingerprint density at radius 3 is 1.43 bits per heavy atom. The van der Waals surface area contributed by atoms with Crippen molar-refractivity contribution < 1.29 is 35.9 Å². The number of amides is 2. The molecule has 0 heterocycles. The summed E-state index contributed by atoms with van der Waals surface area (Å²) >= 11 is 0. The predicted molar refractivity (Wildman–Crippen MR) is 167 cm³/mol. The lowest BCUT2D eigenvalue weighted by Crippen LogP contribution is -2.40. The van der Waals surface area contributed by atoms with Gasteiger partial charge in [-0.15, -0.1) is 0 Å². The number of aryl methyl sites for hydroxylation is 1. The molecule has 44 heavy (non-hydrogen) atoms. The highest BCUT2D eigenvalue weighted by Crippen LogP contribution is 2.43. The van der Waals surface area contributed by atoms with E-state index in [1.54, 1.807) is 20.8 Å². The summed E-state index contributed by atoms with van der Waals surface area (Å²) in [6.45, 7) is 19.1. The van der Waals surface area contributed by atoms with Crippen molar-refractivity contribution in [1.29, 1.82) is 0 Å². The van der Waals surface area contributed by atoms with Crippen LogP contribution in [0.1, 0.15) is 106 Å². The largest absolute Gasteiger partial charge is 0.417 e. The minimum absolute atomic E-state index is 0.0721. The van der Waals surface area contributed by atoms with Crippen LogP contribution in [0.25, 0.3) is 11.1 Å². The van der Waals surface area contributed by atoms with Crippen LogP contribution in [-0.2, 0) is 12.4 Å². The minimum atomic E-state index is -4.99. The summed E-state index contributed by atoms with van der Waals surface area (Å²) in [4.78, 5) is 24.9. The van der Waals surface area contributed by atoms with Crippen molar-refractivity contribution in [3.05, 3.63) is 88.5 Å². The third-order valence-electron chi connectivity index (χ3n) is 5.25. The molecule has 0 bridgehead atoms. The van der Waals surface area contributed by atoms with Crippen LogP contribution in [-0.4, -0.2) is 17.4 Å². The topological polar surface area (TPSA) is 58.2 Å². The maximum atomic E-state index is 13.9. The average Bonchev–Trinajstić information content (AvgIpc) is 2.94. The van der Waals surface area contributed by atoms with Gasteiger partial charge in [-0.3, -0.25) is 9.59 Å². The number of hydrogen-bond donors (Lipinski definition) is 2. The number of carbonyl (C=O) groups excluding carboxylic acids is 2. The second kappa shape index (κ2) is 17.5. The molecular formula is C34H44F6N2O2. The monoisotopic (exact) mass is 626 g/mol. The molecule has 0 atom stereocenters. The van der Waals surface area contributed by atoms with E-state index in [9.17, 15) is 35.9 Å². The first kappa shape index (κ1) is 40.2. The van der Waals surface area contributed by atoms with Gasteiger partial charge in [-0.1, -0.05) is 71.7 Å². The summed E-state index contributed by atoms with van der Waals surface area (Å²) in [5.41, 5.74) is -3.92. The fraction of sp³-hybridized carbons (Fsp3) is 0.412. The van der Waals surface area contributed by atoms with Crippen molar-refractivity contribution in [2.75, 3.05) is 5.32 Å². The molecule has 10 heteroatoms. The van der Waals surface area contributed by atoms with E-state index < -0.39 is 46.1 Å². The molecule has 3 aromatic carbocycles. The molecule has 0 aliphatic carbocycles. The first-order valence-electron chi connectivity index (χ1n) is 14.5. The smallest absolute Gasteiger partial charge is 0.347 e. The Morgan fingerprint density at radius 1 is 0.636 bits per heavy atom. The second-order valence-electron chi connectivity index (χ2n) is 10.2. The highest BCUT2D eigenvalue weighted by atomic mass is 19.4. The molecule has 0 unspecified atom stereocenters. The zero-order chi connectivity index (χ0) is 34.5. The van der Waals surface area contributed by atoms with Crippen LogP contribution in [0.4, 0.5) is 32.0 Å². The highest BCUT2D eigenvalue weighted by molar-refractivity contribution is 6.05. The van der Waals surface area contributed by atoms with Gasteiger partial charge in [0.25, 0.3) is 11.8 Å². The van der Waals surface area contributed by atoms with E-state index in [4.69, 9.17) is 0 Å². The van der Waals surface area contributed by atoms with Crippen LogP contribution < -0.4 is 10.6 Å². The Morgan fingerprint density at radius 2 is 1.02 bits per heavy atom. The van der Waals surface area contributed by atoms with Gasteiger partial charge in [0.2, 0.25) is 0 Å². The van der Waals surface area contributed by atoms with E-state index in [2.05, 4.69) is 24.5 Å². The molecule has 0 aromatic heterocycles. The zero-order valence-corrected chi connectivity index (χ0v) is 27.1. The Labute approximate surface area is 257 Å². The normalized spacial score (nSPS) is 11.0. The maximum Gasteiger partial charge on any atom is 0.417 e. The standard InChI is InChI=1S/C27H24F6N2O2.C3H8.2C2H6/c1-15-5-11-19(21(13-15)26(28,29)30)20-12-10-18(14-22(20)27(31,32)33)34-23(36)16-6-8-17(9-7-16)24(37)35-25(2,3)4;1-3-2;2*1-2/h5-14H,1-4H3,(H,34,36)(H,35,37);3H2,1-2H3;2*1-2H3. The summed E-state index contributed by atoms with van der Waals surface area (Å²) < 4.78 is 82.4. The molecule has 0 aliphatic rings. The summed E-state index contributed by atoms with van der Waals surface area (Å²) in [6.07, 6.45) is -8.61. The molecule has 2 amide bonds.